The zero-order chi connectivity index (χ0) is 13.1. The molecule has 1 atom stereocenters. The van der Waals surface area contributed by atoms with Gasteiger partial charge in [-0.2, -0.15) is 0 Å². The highest BCUT2D eigenvalue weighted by Crippen LogP contribution is 2.14. The molecule has 0 heterocycles. The zero-order valence-corrected chi connectivity index (χ0v) is 10.3. The highest BCUT2D eigenvalue weighted by molar-refractivity contribution is 5.32. The summed E-state index contributed by atoms with van der Waals surface area (Å²) in [6, 6.07) is 6.38. The zero-order valence-electron chi connectivity index (χ0n) is 10.3. The third kappa shape index (κ3) is 3.80. The molecular formula is C12H18N2O3. The van der Waals surface area contributed by atoms with Crippen molar-refractivity contribution in [1.82, 2.24) is 5.32 Å². The minimum atomic E-state index is -0.472. The Morgan fingerprint density at radius 2 is 1.94 bits per heavy atom. The molecule has 5 heteroatoms. The summed E-state index contributed by atoms with van der Waals surface area (Å²) in [4.78, 5) is 10.1. The van der Waals surface area contributed by atoms with Gasteiger partial charge in [0.25, 0.3) is 5.69 Å². The Labute approximate surface area is 101 Å². The van der Waals surface area contributed by atoms with E-state index in [0.717, 1.165) is 5.56 Å². The van der Waals surface area contributed by atoms with Gasteiger partial charge in [0, 0.05) is 24.2 Å². The van der Waals surface area contributed by atoms with Crippen LogP contribution in [0, 0.1) is 10.1 Å². The number of nitro groups is 1. The molecule has 94 valence electrons. The molecule has 0 saturated heterocycles. The van der Waals surface area contributed by atoms with Gasteiger partial charge in [-0.15, -0.1) is 0 Å². The minimum Gasteiger partial charge on any atom is -0.392 e. The number of hydrogen-bond acceptors (Lipinski definition) is 4. The van der Waals surface area contributed by atoms with Crippen molar-refractivity contribution in [2.45, 2.75) is 39.0 Å². The number of hydrogen-bond donors (Lipinski definition) is 2. The Kier molecular flexibility index (Phi) is 4.20. The van der Waals surface area contributed by atoms with Crippen LogP contribution >= 0.6 is 0 Å². The largest absolute Gasteiger partial charge is 0.392 e. The van der Waals surface area contributed by atoms with Gasteiger partial charge < -0.3 is 10.4 Å². The highest BCUT2D eigenvalue weighted by Gasteiger charge is 2.22. The van der Waals surface area contributed by atoms with Gasteiger partial charge >= 0.3 is 0 Å². The molecule has 0 bridgehead atoms. The Balaban J connectivity index is 2.62. The third-order valence-corrected chi connectivity index (χ3v) is 2.94. The lowest BCUT2D eigenvalue weighted by Crippen LogP contribution is -2.47. The molecule has 1 aromatic rings. The van der Waals surface area contributed by atoms with E-state index in [9.17, 15) is 15.2 Å². The molecule has 0 aliphatic carbocycles. The van der Waals surface area contributed by atoms with Gasteiger partial charge in [-0.05, 0) is 26.3 Å². The van der Waals surface area contributed by atoms with Crippen LogP contribution in [0.2, 0.25) is 0 Å². The number of aliphatic hydroxyl groups is 1. The van der Waals surface area contributed by atoms with E-state index in [1.165, 1.54) is 12.1 Å². The molecule has 2 N–H and O–H groups in total. The molecule has 1 rings (SSSR count). The number of nitrogens with zero attached hydrogens (tertiary/aromatic N) is 1. The van der Waals surface area contributed by atoms with E-state index in [-0.39, 0.29) is 11.2 Å². The van der Waals surface area contributed by atoms with E-state index in [0.29, 0.717) is 6.54 Å². The van der Waals surface area contributed by atoms with Crippen molar-refractivity contribution in [2.75, 3.05) is 0 Å². The predicted octanol–water partition coefficient (Wildman–Crippen LogP) is 1.84. The van der Waals surface area contributed by atoms with Crippen molar-refractivity contribution in [2.24, 2.45) is 0 Å². The van der Waals surface area contributed by atoms with Gasteiger partial charge in [-0.25, -0.2) is 0 Å². The molecule has 0 aromatic heterocycles. The smallest absolute Gasteiger partial charge is 0.269 e. The van der Waals surface area contributed by atoms with Crippen molar-refractivity contribution in [3.63, 3.8) is 0 Å². The molecule has 0 saturated carbocycles. The van der Waals surface area contributed by atoms with Crippen LogP contribution in [0.5, 0.6) is 0 Å². The first-order valence-corrected chi connectivity index (χ1v) is 5.49. The number of aliphatic hydroxyl groups excluding tert-OH is 1. The quantitative estimate of drug-likeness (QED) is 0.606. The van der Waals surface area contributed by atoms with E-state index in [1.807, 2.05) is 13.8 Å². The van der Waals surface area contributed by atoms with E-state index in [4.69, 9.17) is 0 Å². The van der Waals surface area contributed by atoms with Crippen LogP contribution in [0.3, 0.4) is 0 Å². The molecule has 1 unspecified atom stereocenters. The number of non-ortho nitro benzene ring substituents is 1. The second-order valence-corrected chi connectivity index (χ2v) is 4.67. The lowest BCUT2D eigenvalue weighted by molar-refractivity contribution is -0.384. The van der Waals surface area contributed by atoms with E-state index in [1.54, 1.807) is 19.1 Å². The summed E-state index contributed by atoms with van der Waals surface area (Å²) >= 11 is 0. The number of benzene rings is 1. The van der Waals surface area contributed by atoms with Gasteiger partial charge in [0.1, 0.15) is 0 Å². The van der Waals surface area contributed by atoms with Gasteiger partial charge in [-0.3, -0.25) is 10.1 Å². The van der Waals surface area contributed by atoms with E-state index in [2.05, 4.69) is 5.32 Å². The van der Waals surface area contributed by atoms with E-state index < -0.39 is 11.0 Å². The molecule has 0 amide bonds. The topological polar surface area (TPSA) is 75.4 Å². The van der Waals surface area contributed by atoms with Crippen LogP contribution in [0.4, 0.5) is 5.69 Å². The summed E-state index contributed by atoms with van der Waals surface area (Å²) in [5.41, 5.74) is 0.648. The second kappa shape index (κ2) is 5.25. The third-order valence-electron chi connectivity index (χ3n) is 2.94. The molecule has 5 nitrogen and oxygen atoms in total. The maximum Gasteiger partial charge on any atom is 0.269 e. The lowest BCUT2D eigenvalue weighted by atomic mass is 9.98. The van der Waals surface area contributed by atoms with Gasteiger partial charge in [0.05, 0.1) is 11.0 Å². The predicted molar refractivity (Wildman–Crippen MR) is 65.7 cm³/mol. The average Bonchev–Trinajstić information content (AvgIpc) is 2.27. The van der Waals surface area contributed by atoms with Crippen molar-refractivity contribution in [3.05, 3.63) is 39.9 Å². The van der Waals surface area contributed by atoms with Crippen LogP contribution in [0.25, 0.3) is 0 Å². The normalized spacial score (nSPS) is 13.4. The van der Waals surface area contributed by atoms with Crippen LogP contribution < -0.4 is 5.32 Å². The minimum absolute atomic E-state index is 0.0866. The highest BCUT2D eigenvalue weighted by atomic mass is 16.6. The Morgan fingerprint density at radius 3 is 2.35 bits per heavy atom. The monoisotopic (exact) mass is 238 g/mol. The van der Waals surface area contributed by atoms with Crippen LogP contribution in [-0.2, 0) is 6.54 Å². The number of rotatable bonds is 5. The molecule has 0 aliphatic heterocycles. The maximum atomic E-state index is 10.5. The number of nitrogens with one attached hydrogen (secondary N) is 1. The lowest BCUT2D eigenvalue weighted by Gasteiger charge is -2.29. The fourth-order valence-corrected chi connectivity index (χ4v) is 1.21. The summed E-state index contributed by atoms with van der Waals surface area (Å²) in [5.74, 6) is 0. The summed E-state index contributed by atoms with van der Waals surface area (Å²) in [6.45, 7) is 6.10. The van der Waals surface area contributed by atoms with Crippen LogP contribution in [0.15, 0.2) is 24.3 Å². The second-order valence-electron chi connectivity index (χ2n) is 4.67. The molecule has 0 fully saturated rings. The first kappa shape index (κ1) is 13.6. The van der Waals surface area contributed by atoms with Crippen molar-refractivity contribution in [3.8, 4) is 0 Å². The summed E-state index contributed by atoms with van der Waals surface area (Å²) in [6.07, 6.45) is -0.472. The molecule has 1 aromatic carbocycles. The van der Waals surface area contributed by atoms with Gasteiger partial charge in [0.2, 0.25) is 0 Å². The summed E-state index contributed by atoms with van der Waals surface area (Å²) in [5, 5.41) is 23.2. The molecule has 0 radical (unpaired) electrons. The fourth-order valence-electron chi connectivity index (χ4n) is 1.21. The summed E-state index contributed by atoms with van der Waals surface area (Å²) < 4.78 is 0. The van der Waals surface area contributed by atoms with Crippen molar-refractivity contribution >= 4 is 5.69 Å². The van der Waals surface area contributed by atoms with Crippen LogP contribution in [0.1, 0.15) is 26.3 Å². The van der Waals surface area contributed by atoms with Gasteiger partial charge in [0.15, 0.2) is 0 Å². The molecule has 0 aliphatic rings. The Hall–Kier alpha value is -1.46. The first-order valence-electron chi connectivity index (χ1n) is 5.49. The number of nitro benzene ring substituents is 1. The molecular weight excluding hydrogens is 220 g/mol. The standard InChI is InChI=1S/C12H18N2O3/c1-9(15)12(2,3)13-8-10-4-6-11(7-5-10)14(16)17/h4-7,9,13,15H,8H2,1-3H3. The van der Waals surface area contributed by atoms with Crippen molar-refractivity contribution < 1.29 is 10.0 Å². The molecule has 0 spiro atoms. The van der Waals surface area contributed by atoms with Crippen molar-refractivity contribution in [1.29, 1.82) is 0 Å². The van der Waals surface area contributed by atoms with Crippen LogP contribution in [-0.4, -0.2) is 21.7 Å². The summed E-state index contributed by atoms with van der Waals surface area (Å²) in [7, 11) is 0. The Morgan fingerprint density at radius 1 is 1.41 bits per heavy atom. The van der Waals surface area contributed by atoms with E-state index >= 15 is 0 Å². The Bertz CT molecular complexity index is 385. The maximum absolute atomic E-state index is 10.5. The van der Waals surface area contributed by atoms with Gasteiger partial charge in [-0.1, -0.05) is 12.1 Å². The fraction of sp³-hybridized carbons (Fsp3) is 0.500. The first-order chi connectivity index (χ1) is 7.83. The SMILES string of the molecule is CC(O)C(C)(C)NCc1ccc([N+](=O)[O-])cc1. The molecule has 17 heavy (non-hydrogen) atoms. The average molecular weight is 238 g/mol.